The van der Waals surface area contributed by atoms with Crippen LogP contribution in [0.2, 0.25) is 0 Å². The minimum absolute atomic E-state index is 0.00365. The SMILES string of the molecule is CC1(C)c2ccccc2-c2cc(N3c4ccc(-c5sc(/C=C6\C(=O)c7ccc(C(=O)O)cc7C6=O)c6c5OCCO6)cc4C4CCCC43)ccc21. The Kier molecular flexibility index (Phi) is 6.41. The Morgan fingerprint density at radius 1 is 0.843 bits per heavy atom. The normalized spacial score (nSPS) is 21.1. The Morgan fingerprint density at radius 3 is 2.47 bits per heavy atom. The van der Waals surface area contributed by atoms with Crippen LogP contribution in [0.25, 0.3) is 27.6 Å². The van der Waals surface area contributed by atoms with Crippen molar-refractivity contribution in [2.75, 3.05) is 18.1 Å². The molecule has 0 bridgehead atoms. The Balaban J connectivity index is 1.04. The predicted octanol–water partition coefficient (Wildman–Crippen LogP) is 9.44. The first-order valence-electron chi connectivity index (χ1n) is 17.5. The summed E-state index contributed by atoms with van der Waals surface area (Å²) in [7, 11) is 0. The lowest BCUT2D eigenvalue weighted by atomic mass is 9.82. The zero-order valence-electron chi connectivity index (χ0n) is 28.1. The molecule has 2 atom stereocenters. The molecule has 5 aromatic rings. The smallest absolute Gasteiger partial charge is 0.335 e. The summed E-state index contributed by atoms with van der Waals surface area (Å²) < 4.78 is 12.3. The van der Waals surface area contributed by atoms with E-state index in [4.69, 9.17) is 9.47 Å². The summed E-state index contributed by atoms with van der Waals surface area (Å²) in [5.41, 5.74) is 10.5. The van der Waals surface area contributed by atoms with E-state index in [1.165, 1.54) is 75.1 Å². The van der Waals surface area contributed by atoms with Gasteiger partial charge in [-0.25, -0.2) is 4.79 Å². The van der Waals surface area contributed by atoms with Gasteiger partial charge in [0.2, 0.25) is 0 Å². The number of ketones is 2. The van der Waals surface area contributed by atoms with E-state index in [1.54, 1.807) is 6.08 Å². The van der Waals surface area contributed by atoms with Crippen molar-refractivity contribution in [2.45, 2.75) is 50.5 Å². The van der Waals surface area contributed by atoms with E-state index in [9.17, 15) is 19.5 Å². The molecule has 0 saturated heterocycles. The standard InChI is InChI=1S/C43H33NO6S/c1-43(2)32-8-4-3-6-25(32)28-20-24(12-14-33(28)43)44-34-9-5-7-26(34)29-18-22(11-15-35(29)44)41-40-39(49-16-17-50-40)36(51-41)21-31-37(45)27-13-10-23(42(47)48)19-30(27)38(31)46/h3-4,6,8,10-15,18-21,26,34H,5,7,9,16-17H2,1-2H3,(H,47,48)/b31-21+. The van der Waals surface area contributed by atoms with Crippen LogP contribution in [0.5, 0.6) is 11.5 Å². The highest BCUT2D eigenvalue weighted by atomic mass is 32.1. The number of fused-ring (bicyclic) bond motifs is 8. The minimum atomic E-state index is -1.15. The number of Topliss-reactive ketones (excluding diaryl/α,β-unsaturated/α-hetero) is 2. The zero-order valence-corrected chi connectivity index (χ0v) is 28.9. The maximum absolute atomic E-state index is 13.4. The molecule has 7 nitrogen and oxygen atoms in total. The van der Waals surface area contributed by atoms with Gasteiger partial charge in [0.05, 0.1) is 20.9 Å². The van der Waals surface area contributed by atoms with E-state index in [-0.39, 0.29) is 27.7 Å². The number of rotatable bonds is 4. The number of allylic oxidation sites excluding steroid dienone is 1. The highest BCUT2D eigenvalue weighted by Crippen LogP contribution is 2.57. The molecule has 1 N–H and O–H groups in total. The molecule has 1 saturated carbocycles. The number of thiophene rings is 1. The van der Waals surface area contributed by atoms with E-state index in [1.807, 2.05) is 0 Å². The Labute approximate surface area is 298 Å². The lowest BCUT2D eigenvalue weighted by molar-refractivity contribution is 0.0696. The van der Waals surface area contributed by atoms with E-state index in [0.717, 1.165) is 23.3 Å². The van der Waals surface area contributed by atoms with E-state index in [2.05, 4.69) is 79.4 Å². The Hall–Kier alpha value is -5.47. The number of carbonyl (C=O) groups is 3. The van der Waals surface area contributed by atoms with Gasteiger partial charge in [0.1, 0.15) is 13.2 Å². The number of ether oxygens (including phenoxy) is 2. The number of carboxylic acid groups (broad SMARTS) is 1. The van der Waals surface area contributed by atoms with E-state index in [0.29, 0.717) is 41.5 Å². The second-order valence-corrected chi connectivity index (χ2v) is 15.6. The van der Waals surface area contributed by atoms with Crippen molar-refractivity contribution < 1.29 is 29.0 Å². The van der Waals surface area contributed by atoms with Crippen molar-refractivity contribution in [3.8, 4) is 33.1 Å². The molecular weight excluding hydrogens is 659 g/mol. The van der Waals surface area contributed by atoms with Crippen LogP contribution in [0.3, 0.4) is 0 Å². The summed E-state index contributed by atoms with van der Waals surface area (Å²) in [6.45, 7) is 5.39. The monoisotopic (exact) mass is 691 g/mol. The van der Waals surface area contributed by atoms with Crippen LogP contribution in [0.15, 0.2) is 84.4 Å². The minimum Gasteiger partial charge on any atom is -0.485 e. The molecule has 10 rings (SSSR count). The molecule has 252 valence electrons. The zero-order chi connectivity index (χ0) is 34.8. The van der Waals surface area contributed by atoms with Crippen LogP contribution in [0.4, 0.5) is 11.4 Å². The van der Waals surface area contributed by atoms with Gasteiger partial charge >= 0.3 is 5.97 Å². The van der Waals surface area contributed by atoms with Crippen molar-refractivity contribution in [3.05, 3.63) is 123 Å². The van der Waals surface area contributed by atoms with Gasteiger partial charge in [0, 0.05) is 39.9 Å². The number of anilines is 2. The third kappa shape index (κ3) is 4.26. The molecule has 8 heteroatoms. The number of nitrogens with zero attached hydrogens (tertiary/aromatic N) is 1. The molecule has 1 fully saturated rings. The van der Waals surface area contributed by atoms with Gasteiger partial charge in [-0.2, -0.15) is 0 Å². The number of carboxylic acids is 1. The molecule has 2 aliphatic heterocycles. The third-order valence-corrected chi connectivity index (χ3v) is 12.7. The molecule has 2 unspecified atom stereocenters. The fraction of sp³-hybridized carbons (Fsp3) is 0.233. The van der Waals surface area contributed by atoms with Gasteiger partial charge in [-0.05, 0) is 94.8 Å². The fourth-order valence-corrected chi connectivity index (χ4v) is 10.3. The van der Waals surface area contributed by atoms with Crippen molar-refractivity contribution in [2.24, 2.45) is 0 Å². The molecule has 0 radical (unpaired) electrons. The Morgan fingerprint density at radius 2 is 1.63 bits per heavy atom. The molecule has 1 aromatic heterocycles. The van der Waals surface area contributed by atoms with Crippen LogP contribution in [0.1, 0.15) is 91.7 Å². The summed E-state index contributed by atoms with van der Waals surface area (Å²) in [6, 6.07) is 26.9. The number of benzene rings is 4. The molecule has 3 aliphatic carbocycles. The summed E-state index contributed by atoms with van der Waals surface area (Å²) in [5, 5.41) is 9.43. The molecule has 4 aromatic carbocycles. The van der Waals surface area contributed by atoms with Crippen LogP contribution in [0, 0.1) is 0 Å². The first kappa shape index (κ1) is 30.4. The molecule has 5 aliphatic rings. The second-order valence-electron chi connectivity index (χ2n) is 14.6. The van der Waals surface area contributed by atoms with E-state index < -0.39 is 17.5 Å². The largest absolute Gasteiger partial charge is 0.485 e. The highest BCUT2D eigenvalue weighted by Gasteiger charge is 2.44. The molecule has 0 spiro atoms. The van der Waals surface area contributed by atoms with Crippen molar-refractivity contribution in [1.29, 1.82) is 0 Å². The van der Waals surface area contributed by atoms with Crippen LogP contribution < -0.4 is 14.4 Å². The van der Waals surface area contributed by atoms with Crippen molar-refractivity contribution in [3.63, 3.8) is 0 Å². The highest BCUT2D eigenvalue weighted by molar-refractivity contribution is 7.17. The summed E-state index contributed by atoms with van der Waals surface area (Å²) in [4.78, 5) is 42.4. The summed E-state index contributed by atoms with van der Waals surface area (Å²) in [6.07, 6.45) is 5.03. The Bertz CT molecular complexity index is 2430. The van der Waals surface area contributed by atoms with Gasteiger partial charge < -0.3 is 19.5 Å². The average Bonchev–Trinajstić information content (AvgIpc) is 3.93. The lowest BCUT2D eigenvalue weighted by Gasteiger charge is -2.28. The third-order valence-electron chi connectivity index (χ3n) is 11.5. The first-order chi connectivity index (χ1) is 24.7. The molecular formula is C43H33NO6S. The van der Waals surface area contributed by atoms with Gasteiger partial charge in [-0.15, -0.1) is 11.3 Å². The molecule has 0 amide bonds. The number of hydrogen-bond donors (Lipinski definition) is 1. The fourth-order valence-electron chi connectivity index (χ4n) is 9.17. The summed E-state index contributed by atoms with van der Waals surface area (Å²) in [5.74, 6) is -0.494. The van der Waals surface area contributed by atoms with Gasteiger partial charge in [-0.3, -0.25) is 9.59 Å². The van der Waals surface area contributed by atoms with Crippen LogP contribution in [-0.4, -0.2) is 41.9 Å². The quantitative estimate of drug-likeness (QED) is 0.148. The second kappa shape index (κ2) is 10.8. The maximum atomic E-state index is 13.4. The number of aromatic carboxylic acids is 1. The maximum Gasteiger partial charge on any atom is 0.335 e. The molecule has 51 heavy (non-hydrogen) atoms. The van der Waals surface area contributed by atoms with Gasteiger partial charge in [-0.1, -0.05) is 56.7 Å². The number of hydrogen-bond acceptors (Lipinski definition) is 7. The van der Waals surface area contributed by atoms with Crippen LogP contribution >= 0.6 is 11.3 Å². The lowest BCUT2D eigenvalue weighted by Crippen LogP contribution is -2.26. The van der Waals surface area contributed by atoms with Crippen LogP contribution in [-0.2, 0) is 5.41 Å². The average molecular weight is 692 g/mol. The first-order valence-corrected chi connectivity index (χ1v) is 18.3. The summed E-state index contributed by atoms with van der Waals surface area (Å²) >= 11 is 1.44. The van der Waals surface area contributed by atoms with Gasteiger partial charge in [0.15, 0.2) is 23.1 Å². The molecule has 3 heterocycles. The number of carbonyl (C=O) groups excluding carboxylic acids is 2. The topological polar surface area (TPSA) is 93.1 Å². The van der Waals surface area contributed by atoms with Crippen molar-refractivity contribution in [1.82, 2.24) is 0 Å². The predicted molar refractivity (Wildman–Crippen MR) is 197 cm³/mol. The van der Waals surface area contributed by atoms with E-state index >= 15 is 0 Å². The van der Waals surface area contributed by atoms with Gasteiger partial charge in [0.25, 0.3) is 0 Å². The van der Waals surface area contributed by atoms with Crippen molar-refractivity contribution >= 4 is 46.3 Å².